The monoisotopic (exact) mass is 474 g/mol. The number of amides is 1. The van der Waals surface area contributed by atoms with Crippen molar-refractivity contribution in [1.29, 1.82) is 0 Å². The molecular formula is C26H20F2N4O3. The summed E-state index contributed by atoms with van der Waals surface area (Å²) in [5.74, 6) is -3.22. The number of benzene rings is 3. The molecule has 35 heavy (non-hydrogen) atoms. The van der Waals surface area contributed by atoms with E-state index in [2.05, 4.69) is 9.97 Å². The topological polar surface area (TPSA) is 89.5 Å². The van der Waals surface area contributed by atoms with E-state index in [0.29, 0.717) is 16.6 Å². The Labute approximate surface area is 198 Å². The van der Waals surface area contributed by atoms with Crippen LogP contribution in [0.1, 0.15) is 17.2 Å². The van der Waals surface area contributed by atoms with E-state index in [0.717, 1.165) is 22.7 Å². The van der Waals surface area contributed by atoms with Crippen molar-refractivity contribution >= 4 is 40.1 Å². The van der Waals surface area contributed by atoms with Crippen LogP contribution in [0.25, 0.3) is 16.8 Å². The van der Waals surface area contributed by atoms with Crippen LogP contribution in [0, 0.1) is 11.6 Å². The molecule has 9 heteroatoms. The first-order valence-electron chi connectivity index (χ1n) is 10.7. The number of nitrogens with one attached hydrogen (secondary N) is 1. The Morgan fingerprint density at radius 3 is 2.29 bits per heavy atom. The van der Waals surface area contributed by atoms with Gasteiger partial charge in [-0.2, -0.15) is 0 Å². The largest absolute Gasteiger partial charge is 0.507 e. The van der Waals surface area contributed by atoms with Crippen molar-refractivity contribution in [2.75, 3.05) is 23.9 Å². The van der Waals surface area contributed by atoms with Gasteiger partial charge in [0.2, 0.25) is 5.95 Å². The molecule has 3 aromatic carbocycles. The van der Waals surface area contributed by atoms with Crippen molar-refractivity contribution in [2.24, 2.45) is 0 Å². The fourth-order valence-corrected chi connectivity index (χ4v) is 4.17. The number of imidazole rings is 1. The van der Waals surface area contributed by atoms with E-state index < -0.39 is 35.1 Å². The van der Waals surface area contributed by atoms with Crippen molar-refractivity contribution in [3.8, 4) is 0 Å². The highest BCUT2D eigenvalue weighted by atomic mass is 19.1. The summed E-state index contributed by atoms with van der Waals surface area (Å²) in [4.78, 5) is 36.8. The van der Waals surface area contributed by atoms with Crippen molar-refractivity contribution < 1.29 is 23.5 Å². The second kappa shape index (κ2) is 8.35. The number of H-pyrrole nitrogens is 1. The summed E-state index contributed by atoms with van der Waals surface area (Å²) >= 11 is 0. The van der Waals surface area contributed by atoms with E-state index in [1.54, 1.807) is 12.1 Å². The van der Waals surface area contributed by atoms with Gasteiger partial charge in [0, 0.05) is 25.3 Å². The lowest BCUT2D eigenvalue weighted by Crippen LogP contribution is -2.30. The quantitative estimate of drug-likeness (QED) is 0.258. The summed E-state index contributed by atoms with van der Waals surface area (Å²) in [6, 6.07) is 15.0. The van der Waals surface area contributed by atoms with Crippen LogP contribution in [0.3, 0.4) is 0 Å². The Balaban J connectivity index is 1.71. The smallest absolute Gasteiger partial charge is 0.302 e. The van der Waals surface area contributed by atoms with Gasteiger partial charge in [0.15, 0.2) is 0 Å². The molecule has 4 aromatic rings. The molecule has 176 valence electrons. The number of aromatic amines is 1. The number of hydrogen-bond acceptors (Lipinski definition) is 5. The Morgan fingerprint density at radius 2 is 1.63 bits per heavy atom. The van der Waals surface area contributed by atoms with Gasteiger partial charge in [0.05, 0.1) is 22.6 Å². The van der Waals surface area contributed by atoms with Gasteiger partial charge in [-0.1, -0.05) is 12.1 Å². The number of carbonyl (C=O) groups is 2. The third-order valence-corrected chi connectivity index (χ3v) is 5.95. The first-order valence-corrected chi connectivity index (χ1v) is 10.7. The maximum Gasteiger partial charge on any atom is 0.302 e. The Kier molecular flexibility index (Phi) is 5.32. The van der Waals surface area contributed by atoms with E-state index in [1.165, 1.54) is 30.3 Å². The fourth-order valence-electron chi connectivity index (χ4n) is 4.17. The summed E-state index contributed by atoms with van der Waals surface area (Å²) in [6.07, 6.45) is 0. The minimum atomic E-state index is -1.03. The molecule has 1 fully saturated rings. The number of rotatable bonds is 4. The highest BCUT2D eigenvalue weighted by Gasteiger charge is 2.48. The number of hydrogen-bond donors (Lipinski definition) is 2. The van der Waals surface area contributed by atoms with Crippen LogP contribution in [0.4, 0.5) is 20.4 Å². The molecule has 1 amide bonds. The first-order chi connectivity index (χ1) is 16.7. The molecule has 1 aliphatic heterocycles. The molecular weight excluding hydrogens is 454 g/mol. The second-order valence-corrected chi connectivity index (χ2v) is 8.38. The zero-order chi connectivity index (χ0) is 24.9. The van der Waals surface area contributed by atoms with Gasteiger partial charge in [-0.25, -0.2) is 13.8 Å². The Morgan fingerprint density at radius 1 is 0.971 bits per heavy atom. The van der Waals surface area contributed by atoms with Crippen molar-refractivity contribution in [2.45, 2.75) is 6.04 Å². The lowest BCUT2D eigenvalue weighted by molar-refractivity contribution is -0.132. The van der Waals surface area contributed by atoms with Gasteiger partial charge in [-0.15, -0.1) is 0 Å². The predicted molar refractivity (Wildman–Crippen MR) is 128 cm³/mol. The molecule has 1 aromatic heterocycles. The summed E-state index contributed by atoms with van der Waals surface area (Å²) < 4.78 is 27.2. The summed E-state index contributed by atoms with van der Waals surface area (Å²) in [6.45, 7) is 0. The Bertz CT molecular complexity index is 1490. The van der Waals surface area contributed by atoms with Crippen LogP contribution < -0.4 is 9.80 Å². The van der Waals surface area contributed by atoms with Crippen LogP contribution in [0.2, 0.25) is 0 Å². The maximum absolute atomic E-state index is 13.7. The molecule has 2 heterocycles. The van der Waals surface area contributed by atoms with Crippen molar-refractivity contribution in [3.63, 3.8) is 0 Å². The SMILES string of the molecule is CN(C)c1ccc(C2/C(=C(\O)c3ccc(F)cc3)C(=O)C(=O)N2c2nc3ccc(F)cc3[nH]2)cc1. The molecule has 1 unspecified atom stereocenters. The highest BCUT2D eigenvalue weighted by Crippen LogP contribution is 2.42. The lowest BCUT2D eigenvalue weighted by Gasteiger charge is -2.23. The molecule has 0 saturated carbocycles. The van der Waals surface area contributed by atoms with Crippen LogP contribution >= 0.6 is 0 Å². The number of nitrogens with zero attached hydrogens (tertiary/aromatic N) is 3. The second-order valence-electron chi connectivity index (χ2n) is 8.38. The molecule has 1 aliphatic rings. The first kappa shape index (κ1) is 22.3. The molecule has 2 N–H and O–H groups in total. The molecule has 5 rings (SSSR count). The number of aliphatic hydroxyl groups is 1. The molecule has 0 spiro atoms. The predicted octanol–water partition coefficient (Wildman–Crippen LogP) is 4.53. The number of ketones is 1. The number of carbonyl (C=O) groups excluding carboxylic acids is 2. The average molecular weight is 474 g/mol. The Hall–Kier alpha value is -4.53. The minimum Gasteiger partial charge on any atom is -0.507 e. The van der Waals surface area contributed by atoms with E-state index in [4.69, 9.17) is 0 Å². The van der Waals surface area contributed by atoms with E-state index in [1.807, 2.05) is 31.1 Å². The van der Waals surface area contributed by atoms with Crippen LogP contribution in [-0.2, 0) is 9.59 Å². The highest BCUT2D eigenvalue weighted by molar-refractivity contribution is 6.51. The number of fused-ring (bicyclic) bond motifs is 1. The number of Topliss-reactive ketones (excluding diaryl/α,β-unsaturated/α-hetero) is 1. The molecule has 1 saturated heterocycles. The van der Waals surface area contributed by atoms with Crippen LogP contribution in [0.5, 0.6) is 0 Å². The maximum atomic E-state index is 13.7. The van der Waals surface area contributed by atoms with E-state index in [-0.39, 0.29) is 17.1 Å². The summed E-state index contributed by atoms with van der Waals surface area (Å²) in [7, 11) is 3.76. The van der Waals surface area contributed by atoms with E-state index in [9.17, 15) is 23.5 Å². The van der Waals surface area contributed by atoms with Gasteiger partial charge in [-0.05, 0) is 60.2 Å². The molecule has 0 radical (unpaired) electrons. The molecule has 0 bridgehead atoms. The average Bonchev–Trinajstić information content (AvgIpc) is 3.37. The van der Waals surface area contributed by atoms with Gasteiger partial charge in [0.25, 0.3) is 5.78 Å². The third kappa shape index (κ3) is 3.80. The van der Waals surface area contributed by atoms with Gasteiger partial charge in [0.1, 0.15) is 17.4 Å². The minimum absolute atomic E-state index is 0.0348. The third-order valence-electron chi connectivity index (χ3n) is 5.95. The number of halogens is 2. The standard InChI is InChI=1S/C26H20F2N4O3/c1-31(2)18-10-5-14(6-11-18)22-21(23(33)15-3-7-16(27)8-4-15)24(34)25(35)32(22)26-29-19-12-9-17(28)13-20(19)30-26/h3-13,22,33H,1-2H3,(H,29,30)/b23-21+. The number of aliphatic hydroxyl groups excluding tert-OH is 1. The molecule has 1 atom stereocenters. The molecule has 7 nitrogen and oxygen atoms in total. The molecule has 0 aliphatic carbocycles. The van der Waals surface area contributed by atoms with E-state index >= 15 is 0 Å². The van der Waals surface area contributed by atoms with Gasteiger partial charge in [-0.3, -0.25) is 14.5 Å². The number of aromatic nitrogens is 2. The summed E-state index contributed by atoms with van der Waals surface area (Å²) in [5, 5.41) is 11.1. The summed E-state index contributed by atoms with van der Waals surface area (Å²) in [5.41, 5.74) is 2.22. The van der Waals surface area contributed by atoms with Crippen LogP contribution in [0.15, 0.2) is 72.3 Å². The van der Waals surface area contributed by atoms with Crippen molar-refractivity contribution in [1.82, 2.24) is 9.97 Å². The fraction of sp³-hybridized carbons (Fsp3) is 0.115. The van der Waals surface area contributed by atoms with Gasteiger partial charge >= 0.3 is 5.91 Å². The normalized spacial score (nSPS) is 17.4. The lowest BCUT2D eigenvalue weighted by atomic mass is 9.95. The number of anilines is 2. The van der Waals surface area contributed by atoms with Crippen LogP contribution in [-0.4, -0.2) is 40.9 Å². The van der Waals surface area contributed by atoms with Gasteiger partial charge < -0.3 is 15.0 Å². The van der Waals surface area contributed by atoms with Crippen molar-refractivity contribution in [3.05, 3.63) is 95.1 Å². The zero-order valence-electron chi connectivity index (χ0n) is 18.8. The zero-order valence-corrected chi connectivity index (χ0v) is 18.8.